The van der Waals surface area contributed by atoms with Gasteiger partial charge in [-0.25, -0.2) is 0 Å². The van der Waals surface area contributed by atoms with Crippen LogP contribution in [0.15, 0.2) is 85.1 Å². The largest absolute Gasteiger partial charge is 0.326 e. The zero-order valence-electron chi connectivity index (χ0n) is 19.7. The van der Waals surface area contributed by atoms with Crippen LogP contribution in [-0.2, 0) is 4.79 Å². The summed E-state index contributed by atoms with van der Waals surface area (Å²) in [6.45, 7) is -0.0748. The number of carbonyl (C=O) groups excluding carboxylic acids is 2. The Kier molecular flexibility index (Phi) is 6.23. The van der Waals surface area contributed by atoms with E-state index in [0.29, 0.717) is 15.6 Å². The summed E-state index contributed by atoms with van der Waals surface area (Å²) < 4.78 is 2.10. The maximum atomic E-state index is 14.2. The van der Waals surface area contributed by atoms with E-state index in [9.17, 15) is 9.59 Å². The Labute approximate surface area is 229 Å². The Balaban J connectivity index is 1.41. The Morgan fingerprint density at radius 2 is 1.59 bits per heavy atom. The Morgan fingerprint density at radius 3 is 2.32 bits per heavy atom. The summed E-state index contributed by atoms with van der Waals surface area (Å²) in [5.74, 6) is -0.458. The summed E-state index contributed by atoms with van der Waals surface area (Å²) in [5, 5.41) is 1.32. The van der Waals surface area contributed by atoms with Crippen LogP contribution < -0.4 is 4.90 Å². The van der Waals surface area contributed by atoms with Gasteiger partial charge in [0.1, 0.15) is 12.6 Å². The van der Waals surface area contributed by atoms with Gasteiger partial charge >= 0.3 is 0 Å². The highest BCUT2D eigenvalue weighted by Gasteiger charge is 2.40. The van der Waals surface area contributed by atoms with E-state index < -0.39 is 6.04 Å². The molecule has 186 valence electrons. The van der Waals surface area contributed by atoms with E-state index in [1.165, 1.54) is 0 Å². The molecule has 0 saturated heterocycles. The highest BCUT2D eigenvalue weighted by atomic mass is 35.5. The van der Waals surface area contributed by atoms with E-state index in [1.54, 1.807) is 28.0 Å². The molecule has 2 amide bonds. The van der Waals surface area contributed by atoms with Crippen molar-refractivity contribution in [2.24, 2.45) is 0 Å². The van der Waals surface area contributed by atoms with Crippen molar-refractivity contribution in [3.63, 3.8) is 0 Å². The van der Waals surface area contributed by atoms with E-state index in [4.69, 9.17) is 34.8 Å². The lowest BCUT2D eigenvalue weighted by Crippen LogP contribution is -2.47. The molecular weight excluding hydrogens is 529 g/mol. The van der Waals surface area contributed by atoms with Gasteiger partial charge in [0, 0.05) is 22.3 Å². The minimum atomic E-state index is -0.411. The molecule has 0 bridgehead atoms. The number of nitrogens with zero attached hydrogens (tertiary/aromatic N) is 3. The molecule has 5 nitrogen and oxygen atoms in total. The van der Waals surface area contributed by atoms with Crippen LogP contribution in [0.2, 0.25) is 15.1 Å². The lowest BCUT2D eigenvalue weighted by molar-refractivity contribution is -0.119. The molecule has 4 aromatic rings. The van der Waals surface area contributed by atoms with Crippen LogP contribution in [0.25, 0.3) is 5.69 Å². The number of rotatable bonds is 5. The fraction of sp³-hybridized carbons (Fsp3) is 0.172. The Hall–Kier alpha value is -3.25. The minimum Gasteiger partial charge on any atom is -0.326 e. The van der Waals surface area contributed by atoms with E-state index >= 15 is 0 Å². The zero-order valence-corrected chi connectivity index (χ0v) is 21.9. The molecule has 0 spiro atoms. The highest BCUT2D eigenvalue weighted by Crippen LogP contribution is 2.43. The quantitative estimate of drug-likeness (QED) is 0.264. The monoisotopic (exact) mass is 549 g/mol. The summed E-state index contributed by atoms with van der Waals surface area (Å²) in [6, 6.07) is 23.7. The molecule has 1 saturated carbocycles. The Morgan fingerprint density at radius 1 is 0.838 bits per heavy atom. The second kappa shape index (κ2) is 9.56. The molecular formula is C29H22Cl3N3O2. The van der Waals surface area contributed by atoms with Gasteiger partial charge in [-0.1, -0.05) is 59.1 Å². The van der Waals surface area contributed by atoms with Gasteiger partial charge in [0.15, 0.2) is 0 Å². The maximum Gasteiger partial charge on any atom is 0.256 e. The first kappa shape index (κ1) is 24.1. The molecule has 1 aliphatic carbocycles. The van der Waals surface area contributed by atoms with Crippen LogP contribution in [0.3, 0.4) is 0 Å². The van der Waals surface area contributed by atoms with E-state index in [-0.39, 0.29) is 29.4 Å². The maximum absolute atomic E-state index is 14.2. The summed E-state index contributed by atoms with van der Waals surface area (Å²) in [5.41, 5.74) is 3.85. The second-order valence-electron chi connectivity index (χ2n) is 9.30. The van der Waals surface area contributed by atoms with E-state index in [0.717, 1.165) is 35.5 Å². The molecule has 1 aromatic heterocycles. The van der Waals surface area contributed by atoms with Crippen molar-refractivity contribution in [3.8, 4) is 5.69 Å². The van der Waals surface area contributed by atoms with Gasteiger partial charge in [-0.15, -0.1) is 0 Å². The van der Waals surface area contributed by atoms with Crippen molar-refractivity contribution >= 4 is 52.3 Å². The van der Waals surface area contributed by atoms with Crippen LogP contribution >= 0.6 is 34.8 Å². The number of carbonyl (C=O) groups is 2. The zero-order chi connectivity index (χ0) is 25.7. The standard InChI is InChI=1S/C29H22Cl3N3O2/c30-19-6-3-5-18(15-19)28-26-9-4-14-33(26)24-7-1-2-8-25(24)35(28)27(36)17-34(21-11-12-21)29(37)22-13-10-20(31)16-23(22)32/h1-10,13-16,21,28H,11-12,17H2/t28-/m0/s1. The number of para-hydroxylation sites is 2. The molecule has 1 fully saturated rings. The summed E-state index contributed by atoms with van der Waals surface area (Å²) in [4.78, 5) is 31.2. The first-order valence-electron chi connectivity index (χ1n) is 12.0. The average molecular weight is 551 g/mol. The van der Waals surface area contributed by atoms with Crippen molar-refractivity contribution in [2.75, 3.05) is 11.4 Å². The summed E-state index contributed by atoms with van der Waals surface area (Å²) >= 11 is 18.8. The Bertz CT molecular complexity index is 1530. The van der Waals surface area contributed by atoms with Crippen molar-refractivity contribution in [1.29, 1.82) is 0 Å². The molecule has 8 heteroatoms. The van der Waals surface area contributed by atoms with E-state index in [1.807, 2.05) is 66.9 Å². The molecule has 1 aliphatic heterocycles. The van der Waals surface area contributed by atoms with Gasteiger partial charge < -0.3 is 9.47 Å². The normalized spacial score (nSPS) is 16.2. The first-order chi connectivity index (χ1) is 17.9. The number of benzene rings is 3. The van der Waals surface area contributed by atoms with Crippen molar-refractivity contribution in [1.82, 2.24) is 9.47 Å². The van der Waals surface area contributed by atoms with Crippen LogP contribution in [0.1, 0.15) is 40.5 Å². The molecule has 0 N–H and O–H groups in total. The molecule has 0 unspecified atom stereocenters. The van der Waals surface area contributed by atoms with Gasteiger partial charge in [-0.2, -0.15) is 0 Å². The summed E-state index contributed by atoms with van der Waals surface area (Å²) in [7, 11) is 0. The first-order valence-corrected chi connectivity index (χ1v) is 13.2. The number of anilines is 1. The molecule has 2 aliphatic rings. The van der Waals surface area contributed by atoms with Crippen molar-refractivity contribution < 1.29 is 9.59 Å². The number of fused-ring (bicyclic) bond motifs is 3. The third-order valence-corrected chi connectivity index (χ3v) is 7.65. The van der Waals surface area contributed by atoms with Crippen LogP contribution in [0.4, 0.5) is 5.69 Å². The fourth-order valence-electron chi connectivity index (χ4n) is 5.05. The van der Waals surface area contributed by atoms with Crippen LogP contribution in [0.5, 0.6) is 0 Å². The van der Waals surface area contributed by atoms with Gasteiger partial charge in [-0.05, 0) is 73.0 Å². The predicted octanol–water partition coefficient (Wildman–Crippen LogP) is 7.18. The minimum absolute atomic E-state index is 0.00305. The number of amides is 2. The number of hydrogen-bond donors (Lipinski definition) is 0. The molecule has 2 heterocycles. The van der Waals surface area contributed by atoms with Gasteiger partial charge in [0.05, 0.1) is 27.7 Å². The predicted molar refractivity (Wildman–Crippen MR) is 147 cm³/mol. The molecule has 1 atom stereocenters. The fourth-order valence-corrected chi connectivity index (χ4v) is 5.73. The SMILES string of the molecule is O=C(c1ccc(Cl)cc1Cl)N(CC(=O)N1c2ccccc2-n2cccc2[C@@H]1c1cccc(Cl)c1)C1CC1. The van der Waals surface area contributed by atoms with Crippen LogP contribution in [-0.4, -0.2) is 33.9 Å². The van der Waals surface area contributed by atoms with Crippen molar-refractivity contribution in [3.05, 3.63) is 117 Å². The number of hydrogen-bond acceptors (Lipinski definition) is 2. The van der Waals surface area contributed by atoms with Crippen LogP contribution in [0, 0.1) is 0 Å². The molecule has 37 heavy (non-hydrogen) atoms. The molecule has 3 aromatic carbocycles. The number of aromatic nitrogens is 1. The van der Waals surface area contributed by atoms with E-state index in [2.05, 4.69) is 4.57 Å². The second-order valence-corrected chi connectivity index (χ2v) is 10.6. The lowest BCUT2D eigenvalue weighted by atomic mass is 9.97. The van der Waals surface area contributed by atoms with Gasteiger partial charge in [-0.3, -0.25) is 14.5 Å². The third-order valence-electron chi connectivity index (χ3n) is 6.87. The average Bonchev–Trinajstić information content (AvgIpc) is 3.61. The highest BCUT2D eigenvalue weighted by molar-refractivity contribution is 6.36. The smallest absolute Gasteiger partial charge is 0.256 e. The number of halogens is 3. The topological polar surface area (TPSA) is 45.6 Å². The lowest BCUT2D eigenvalue weighted by Gasteiger charge is -2.39. The summed E-state index contributed by atoms with van der Waals surface area (Å²) in [6.07, 6.45) is 3.69. The molecule has 6 rings (SSSR count). The van der Waals surface area contributed by atoms with Gasteiger partial charge in [0.25, 0.3) is 5.91 Å². The van der Waals surface area contributed by atoms with Crippen molar-refractivity contribution in [2.45, 2.75) is 24.9 Å². The third kappa shape index (κ3) is 4.42. The molecule has 0 radical (unpaired) electrons. The van der Waals surface area contributed by atoms with Gasteiger partial charge in [0.2, 0.25) is 5.91 Å².